The number of carbonyl (C=O) groups is 2. The number of aromatic hydroxyl groups is 1. The Labute approximate surface area is 150 Å². The minimum absolute atomic E-state index is 0.0329. The largest absolute Gasteiger partial charge is 0.508 e. The van der Waals surface area contributed by atoms with Gasteiger partial charge in [0.2, 0.25) is 11.8 Å². The minimum atomic E-state index is -0.527. The fraction of sp³-hybridized carbons (Fsp3) is 0.529. The number of benzene rings is 1. The van der Waals surface area contributed by atoms with E-state index in [0.717, 1.165) is 0 Å². The first kappa shape index (κ1) is 17.4. The molecule has 130 valence electrons. The molecule has 24 heavy (non-hydrogen) atoms. The Morgan fingerprint density at radius 2 is 2.00 bits per heavy atom. The number of amides is 2. The standard InChI is InChI=1S/C17H20Cl2N2O3/c1-8(2)15-17(24)21-6-5-9(7-11(21)16(23)20-15)13-12(22)4-3-10(18)14(13)19/h3-4,8-9,11,15,22H,5-7H2,1-2H3,(H,20,23)/t9-,11+,15-/m1/s1. The Morgan fingerprint density at radius 3 is 2.67 bits per heavy atom. The first-order valence-corrected chi connectivity index (χ1v) is 8.84. The second-order valence-corrected chi connectivity index (χ2v) is 7.58. The maximum atomic E-state index is 12.6. The van der Waals surface area contributed by atoms with Crippen molar-refractivity contribution >= 4 is 35.0 Å². The maximum Gasteiger partial charge on any atom is 0.246 e. The molecule has 0 bridgehead atoms. The summed E-state index contributed by atoms with van der Waals surface area (Å²) in [6.45, 7) is 4.30. The first-order valence-electron chi connectivity index (χ1n) is 8.09. The van der Waals surface area contributed by atoms with E-state index in [9.17, 15) is 14.7 Å². The molecule has 2 saturated heterocycles. The summed E-state index contributed by atoms with van der Waals surface area (Å²) in [6, 6.07) is 2.06. The topological polar surface area (TPSA) is 69.6 Å². The van der Waals surface area contributed by atoms with Gasteiger partial charge < -0.3 is 15.3 Å². The number of carbonyl (C=O) groups excluding carboxylic acids is 2. The molecule has 3 atom stereocenters. The van der Waals surface area contributed by atoms with Crippen LogP contribution >= 0.6 is 23.2 Å². The van der Waals surface area contributed by atoms with Crippen LogP contribution in [0.3, 0.4) is 0 Å². The molecule has 2 N–H and O–H groups in total. The van der Waals surface area contributed by atoms with Crippen molar-refractivity contribution in [2.24, 2.45) is 5.92 Å². The molecule has 2 aliphatic heterocycles. The van der Waals surface area contributed by atoms with E-state index in [0.29, 0.717) is 35.0 Å². The Bertz CT molecular complexity index is 693. The summed E-state index contributed by atoms with van der Waals surface area (Å²) in [7, 11) is 0. The number of nitrogens with zero attached hydrogens (tertiary/aromatic N) is 1. The van der Waals surface area contributed by atoms with Crippen molar-refractivity contribution in [1.29, 1.82) is 0 Å². The van der Waals surface area contributed by atoms with Crippen LogP contribution in [0.15, 0.2) is 12.1 Å². The van der Waals surface area contributed by atoms with Crippen LogP contribution in [-0.4, -0.2) is 40.4 Å². The van der Waals surface area contributed by atoms with E-state index in [-0.39, 0.29) is 29.4 Å². The molecular weight excluding hydrogens is 351 g/mol. The van der Waals surface area contributed by atoms with Crippen LogP contribution in [0.25, 0.3) is 0 Å². The van der Waals surface area contributed by atoms with Crippen LogP contribution in [0, 0.1) is 5.92 Å². The summed E-state index contributed by atoms with van der Waals surface area (Å²) in [5, 5.41) is 13.7. The fourth-order valence-electron chi connectivity index (χ4n) is 3.63. The fourth-order valence-corrected chi connectivity index (χ4v) is 4.10. The van der Waals surface area contributed by atoms with Gasteiger partial charge in [-0.15, -0.1) is 0 Å². The van der Waals surface area contributed by atoms with Gasteiger partial charge in [0.25, 0.3) is 0 Å². The van der Waals surface area contributed by atoms with Gasteiger partial charge in [-0.05, 0) is 36.8 Å². The third kappa shape index (κ3) is 2.84. The van der Waals surface area contributed by atoms with Crippen LogP contribution in [0.4, 0.5) is 0 Å². The summed E-state index contributed by atoms with van der Waals surface area (Å²) in [5.41, 5.74) is 0.565. The molecule has 5 nitrogen and oxygen atoms in total. The summed E-state index contributed by atoms with van der Waals surface area (Å²) >= 11 is 12.3. The number of hydrogen-bond donors (Lipinski definition) is 2. The molecule has 2 heterocycles. The van der Waals surface area contributed by atoms with Gasteiger partial charge in [0.05, 0.1) is 10.0 Å². The number of rotatable bonds is 2. The maximum absolute atomic E-state index is 12.6. The minimum Gasteiger partial charge on any atom is -0.508 e. The monoisotopic (exact) mass is 370 g/mol. The number of phenols is 1. The zero-order valence-corrected chi connectivity index (χ0v) is 15.1. The van der Waals surface area contributed by atoms with E-state index in [4.69, 9.17) is 23.2 Å². The van der Waals surface area contributed by atoms with E-state index in [1.807, 2.05) is 13.8 Å². The highest BCUT2D eigenvalue weighted by molar-refractivity contribution is 6.42. The Hall–Kier alpha value is -1.46. The molecule has 7 heteroatoms. The zero-order chi connectivity index (χ0) is 17.6. The molecule has 1 aromatic carbocycles. The highest BCUT2D eigenvalue weighted by atomic mass is 35.5. The predicted molar refractivity (Wildman–Crippen MR) is 92.4 cm³/mol. The van der Waals surface area contributed by atoms with E-state index in [1.165, 1.54) is 6.07 Å². The van der Waals surface area contributed by atoms with Crippen molar-refractivity contribution in [3.05, 3.63) is 27.7 Å². The van der Waals surface area contributed by atoms with Crippen molar-refractivity contribution in [3.63, 3.8) is 0 Å². The predicted octanol–water partition coefficient (Wildman–Crippen LogP) is 2.93. The smallest absolute Gasteiger partial charge is 0.246 e. The lowest BCUT2D eigenvalue weighted by Crippen LogP contribution is -2.66. The van der Waals surface area contributed by atoms with Gasteiger partial charge in [-0.2, -0.15) is 0 Å². The van der Waals surface area contributed by atoms with E-state index in [1.54, 1.807) is 11.0 Å². The number of halogens is 2. The molecule has 0 radical (unpaired) electrons. The van der Waals surface area contributed by atoms with Crippen LogP contribution < -0.4 is 5.32 Å². The van der Waals surface area contributed by atoms with Crippen molar-refractivity contribution in [3.8, 4) is 5.75 Å². The molecule has 0 aliphatic carbocycles. The number of piperidine rings is 1. The van der Waals surface area contributed by atoms with E-state index < -0.39 is 12.1 Å². The van der Waals surface area contributed by atoms with Crippen LogP contribution in [0.1, 0.15) is 38.2 Å². The lowest BCUT2D eigenvalue weighted by Gasteiger charge is -2.45. The quantitative estimate of drug-likeness (QED) is 0.840. The third-order valence-corrected chi connectivity index (χ3v) is 5.76. The molecule has 0 unspecified atom stereocenters. The molecule has 0 spiro atoms. The van der Waals surface area contributed by atoms with Crippen LogP contribution in [0.5, 0.6) is 5.75 Å². The SMILES string of the molecule is CC(C)[C@H]1NC(=O)[C@@H]2C[C@H](c3c(O)ccc(Cl)c3Cl)CCN2C1=O. The molecule has 0 aromatic heterocycles. The van der Waals surface area contributed by atoms with Crippen LogP contribution in [-0.2, 0) is 9.59 Å². The van der Waals surface area contributed by atoms with Crippen molar-refractivity contribution in [1.82, 2.24) is 10.2 Å². The Kier molecular flexibility index (Phi) is 4.67. The van der Waals surface area contributed by atoms with Gasteiger partial charge in [-0.25, -0.2) is 0 Å². The number of phenolic OH excluding ortho intramolecular Hbond substituents is 1. The second-order valence-electron chi connectivity index (χ2n) is 6.79. The highest BCUT2D eigenvalue weighted by Crippen LogP contribution is 2.43. The molecule has 0 saturated carbocycles. The molecule has 3 rings (SSSR count). The first-order chi connectivity index (χ1) is 11.3. The summed E-state index contributed by atoms with van der Waals surface area (Å²) in [5.74, 6) is -0.173. The molecule has 2 fully saturated rings. The Balaban J connectivity index is 1.87. The number of fused-ring (bicyclic) bond motifs is 1. The van der Waals surface area contributed by atoms with Gasteiger partial charge in [0, 0.05) is 12.1 Å². The molecular formula is C17H20Cl2N2O3. The summed E-state index contributed by atoms with van der Waals surface area (Å²) < 4.78 is 0. The summed E-state index contributed by atoms with van der Waals surface area (Å²) in [6.07, 6.45) is 1.06. The third-order valence-electron chi connectivity index (χ3n) is 4.94. The van der Waals surface area contributed by atoms with Crippen molar-refractivity contribution in [2.45, 2.75) is 44.7 Å². The number of nitrogens with one attached hydrogen (secondary N) is 1. The highest BCUT2D eigenvalue weighted by Gasteiger charge is 2.45. The average molecular weight is 371 g/mol. The van der Waals surface area contributed by atoms with Gasteiger partial charge in [-0.1, -0.05) is 37.0 Å². The van der Waals surface area contributed by atoms with Crippen LogP contribution in [0.2, 0.25) is 10.0 Å². The summed E-state index contributed by atoms with van der Waals surface area (Å²) in [4.78, 5) is 26.7. The molecule has 1 aromatic rings. The van der Waals surface area contributed by atoms with E-state index >= 15 is 0 Å². The van der Waals surface area contributed by atoms with Gasteiger partial charge in [0.15, 0.2) is 0 Å². The second kappa shape index (κ2) is 6.45. The lowest BCUT2D eigenvalue weighted by molar-refractivity contribution is -0.152. The van der Waals surface area contributed by atoms with E-state index in [2.05, 4.69) is 5.32 Å². The van der Waals surface area contributed by atoms with Gasteiger partial charge in [0.1, 0.15) is 17.8 Å². The number of hydrogen-bond acceptors (Lipinski definition) is 3. The van der Waals surface area contributed by atoms with Gasteiger partial charge in [-0.3, -0.25) is 9.59 Å². The van der Waals surface area contributed by atoms with Gasteiger partial charge >= 0.3 is 0 Å². The Morgan fingerprint density at radius 1 is 1.29 bits per heavy atom. The lowest BCUT2D eigenvalue weighted by atomic mass is 9.82. The zero-order valence-electron chi connectivity index (χ0n) is 13.6. The number of piperazine rings is 1. The molecule has 2 aliphatic rings. The van der Waals surface area contributed by atoms with Crippen molar-refractivity contribution < 1.29 is 14.7 Å². The average Bonchev–Trinajstić information content (AvgIpc) is 2.54. The normalized spacial score (nSPS) is 27.2. The molecule has 2 amide bonds. The van der Waals surface area contributed by atoms with Crippen molar-refractivity contribution in [2.75, 3.05) is 6.54 Å².